The number of rotatable bonds is 9. The molecule has 2 aliphatic rings. The van der Waals surface area contributed by atoms with Gasteiger partial charge in [0.2, 0.25) is 35.4 Å². The minimum Gasteiger partial charge on any atom is -0.508 e. The monoisotopic (exact) mass is 889 g/mol. The highest BCUT2D eigenvalue weighted by molar-refractivity contribution is 5.99. The lowest BCUT2D eigenvalue weighted by atomic mass is 9.97. The highest BCUT2D eigenvalue weighted by Crippen LogP contribution is 2.24. The molecule has 7 N–H and O–H groups in total. The van der Waals surface area contributed by atoms with Crippen LogP contribution in [0.2, 0.25) is 0 Å². The summed E-state index contributed by atoms with van der Waals surface area (Å²) in [6.07, 6.45) is 2.74. The second-order valence-electron chi connectivity index (χ2n) is 17.6. The molecule has 0 unspecified atom stereocenters. The number of hydrogen-bond donors (Lipinski definition) is 7. The Balaban J connectivity index is 1.21. The van der Waals surface area contributed by atoms with Gasteiger partial charge in [0.05, 0.1) is 0 Å². The van der Waals surface area contributed by atoms with E-state index in [0.717, 1.165) is 38.4 Å². The van der Waals surface area contributed by atoms with Crippen LogP contribution in [0, 0.1) is 5.92 Å². The van der Waals surface area contributed by atoms with Crippen molar-refractivity contribution in [3.05, 3.63) is 150 Å². The van der Waals surface area contributed by atoms with Crippen LogP contribution in [0.4, 0.5) is 0 Å². The number of aromatic hydroxyl groups is 1. The molecule has 2 aliphatic heterocycles. The van der Waals surface area contributed by atoms with E-state index in [-0.39, 0.29) is 38.0 Å². The number of fused-ring (bicyclic) bond motifs is 3. The van der Waals surface area contributed by atoms with Gasteiger partial charge < -0.3 is 41.6 Å². The number of carbonyl (C=O) groups excluding carboxylic acids is 6. The number of amides is 6. The van der Waals surface area contributed by atoms with Crippen molar-refractivity contribution in [3.8, 4) is 5.75 Å². The van der Waals surface area contributed by atoms with Gasteiger partial charge in [0.15, 0.2) is 0 Å². The fourth-order valence-electron chi connectivity index (χ4n) is 9.12. The number of benzene rings is 5. The van der Waals surface area contributed by atoms with Gasteiger partial charge in [0.25, 0.3) is 0 Å². The molecule has 2 saturated heterocycles. The lowest BCUT2D eigenvalue weighted by Gasteiger charge is -2.32. The van der Waals surface area contributed by atoms with Gasteiger partial charge in [-0.15, -0.1) is 0 Å². The first-order valence-electron chi connectivity index (χ1n) is 22.6. The first-order chi connectivity index (χ1) is 31.9. The van der Waals surface area contributed by atoms with E-state index in [1.165, 1.54) is 17.0 Å². The largest absolute Gasteiger partial charge is 0.508 e. The molecule has 340 valence electrons. The second-order valence-corrected chi connectivity index (χ2v) is 17.6. The van der Waals surface area contributed by atoms with E-state index in [4.69, 9.17) is 0 Å². The van der Waals surface area contributed by atoms with E-state index >= 15 is 0 Å². The zero-order valence-electron chi connectivity index (χ0n) is 37.0. The molecule has 0 bridgehead atoms. The van der Waals surface area contributed by atoms with Crippen LogP contribution in [0.1, 0.15) is 48.9 Å². The summed E-state index contributed by atoms with van der Waals surface area (Å²) in [4.78, 5) is 92.8. The Hall–Kier alpha value is -7.48. The Bertz CT molecular complexity index is 2730. The third kappa shape index (κ3) is 10.4. The zero-order chi connectivity index (χ0) is 46.3. The lowest BCUT2D eigenvalue weighted by Crippen LogP contribution is -2.62. The highest BCUT2D eigenvalue weighted by Gasteiger charge is 2.41. The van der Waals surface area contributed by atoms with E-state index in [0.29, 0.717) is 18.4 Å². The van der Waals surface area contributed by atoms with E-state index in [2.05, 4.69) is 31.6 Å². The third-order valence-electron chi connectivity index (χ3n) is 12.7. The van der Waals surface area contributed by atoms with Crippen molar-refractivity contribution < 1.29 is 33.9 Å². The van der Waals surface area contributed by atoms with Gasteiger partial charge in [-0.1, -0.05) is 117 Å². The molecule has 1 aromatic heterocycles. The highest BCUT2D eigenvalue weighted by atomic mass is 16.3. The summed E-state index contributed by atoms with van der Waals surface area (Å²) in [6, 6.07) is 29.5. The number of phenolic OH excluding ortho intramolecular Hbond substituents is 1. The molecule has 14 heteroatoms. The van der Waals surface area contributed by atoms with Crippen LogP contribution in [0.5, 0.6) is 5.75 Å². The fraction of sp³-hybridized carbons (Fsp3) is 0.308. The lowest BCUT2D eigenvalue weighted by molar-refractivity contribution is -0.143. The average molecular weight is 890 g/mol. The van der Waals surface area contributed by atoms with Gasteiger partial charge >= 0.3 is 0 Å². The fourth-order valence-corrected chi connectivity index (χ4v) is 9.12. The van der Waals surface area contributed by atoms with Crippen LogP contribution in [-0.2, 0) is 54.5 Å². The summed E-state index contributed by atoms with van der Waals surface area (Å²) in [5, 5.41) is 27.4. The van der Waals surface area contributed by atoms with Crippen LogP contribution < -0.4 is 26.6 Å². The first-order valence-corrected chi connectivity index (χ1v) is 22.6. The number of carbonyl (C=O) groups is 6. The van der Waals surface area contributed by atoms with Gasteiger partial charge in [-0.3, -0.25) is 28.8 Å². The molecule has 3 heterocycles. The van der Waals surface area contributed by atoms with Crippen molar-refractivity contribution >= 4 is 57.1 Å². The molecule has 66 heavy (non-hydrogen) atoms. The number of aromatic nitrogens is 1. The number of phenols is 1. The van der Waals surface area contributed by atoms with Crippen molar-refractivity contribution in [1.29, 1.82) is 0 Å². The topological polar surface area (TPSA) is 202 Å². The van der Waals surface area contributed by atoms with Crippen molar-refractivity contribution in [2.45, 2.75) is 88.6 Å². The summed E-state index contributed by atoms with van der Waals surface area (Å²) in [6.45, 7) is 3.77. The Morgan fingerprint density at radius 1 is 0.545 bits per heavy atom. The number of nitrogens with zero attached hydrogens (tertiary/aromatic N) is 1. The molecule has 2 fully saturated rings. The van der Waals surface area contributed by atoms with Gasteiger partial charge in [-0.25, -0.2) is 0 Å². The summed E-state index contributed by atoms with van der Waals surface area (Å²) >= 11 is 0. The van der Waals surface area contributed by atoms with Crippen LogP contribution in [0.15, 0.2) is 128 Å². The molecule has 8 rings (SSSR count). The number of aromatic amines is 1. The van der Waals surface area contributed by atoms with Gasteiger partial charge in [0, 0.05) is 49.3 Å². The summed E-state index contributed by atoms with van der Waals surface area (Å²) < 4.78 is 0. The Morgan fingerprint density at radius 3 is 1.83 bits per heavy atom. The molecule has 0 spiro atoms. The van der Waals surface area contributed by atoms with Gasteiger partial charge in [-0.2, -0.15) is 0 Å². The van der Waals surface area contributed by atoms with Crippen molar-refractivity contribution in [1.82, 2.24) is 36.5 Å². The molecule has 6 amide bonds. The molecule has 5 aromatic carbocycles. The standard InChI is InChI=1S/C52H55N7O7/c1-31(2)46-51(65)57-44(27-32-12-4-3-5-13-32)52(66)59-25-11-20-45(59)50(64)56-42(28-35-16-10-15-34-14-6-7-17-38(34)35)47(61)55-43(29-36-30-53-40-19-9-8-18-39(36)40)48(62)54-41(49(63)58-46)26-33-21-23-37(60)24-22-33/h3-10,12-19,21-24,30-31,41-46,53,60H,11,20,25-29H2,1-2H3,(H,54,62)(H,55,61)(H,56,64)(H,57,65)(H,58,63)/t41-,42-,43+,44-,45-,46-/m0/s1. The quantitative estimate of drug-likeness (QED) is 0.112. The maximum absolute atomic E-state index is 14.9. The second kappa shape index (κ2) is 20.1. The first kappa shape index (κ1) is 45.1. The molecule has 0 radical (unpaired) electrons. The van der Waals surface area contributed by atoms with Crippen LogP contribution in [0.3, 0.4) is 0 Å². The normalized spacial score (nSPS) is 22.5. The van der Waals surface area contributed by atoms with E-state index in [1.54, 1.807) is 32.2 Å². The summed E-state index contributed by atoms with van der Waals surface area (Å²) in [5.74, 6) is -4.04. The van der Waals surface area contributed by atoms with Crippen LogP contribution in [0.25, 0.3) is 21.7 Å². The zero-order valence-corrected chi connectivity index (χ0v) is 37.0. The number of hydrogen-bond acceptors (Lipinski definition) is 7. The van der Waals surface area contributed by atoms with E-state index < -0.39 is 77.6 Å². The van der Waals surface area contributed by atoms with Crippen molar-refractivity contribution in [2.75, 3.05) is 6.54 Å². The molecule has 6 aromatic rings. The molecular formula is C52H55N7O7. The summed E-state index contributed by atoms with van der Waals surface area (Å²) in [5.41, 5.74) is 3.71. The Kier molecular flexibility index (Phi) is 13.8. The maximum Gasteiger partial charge on any atom is 0.246 e. The predicted molar refractivity (Wildman–Crippen MR) is 251 cm³/mol. The number of nitrogens with one attached hydrogen (secondary N) is 6. The van der Waals surface area contributed by atoms with E-state index in [9.17, 15) is 33.9 Å². The minimum absolute atomic E-state index is 0.00873. The van der Waals surface area contributed by atoms with Gasteiger partial charge in [-0.05, 0) is 70.0 Å². The Morgan fingerprint density at radius 2 is 1.11 bits per heavy atom. The number of para-hydroxylation sites is 1. The smallest absolute Gasteiger partial charge is 0.246 e. The third-order valence-corrected chi connectivity index (χ3v) is 12.7. The summed E-state index contributed by atoms with van der Waals surface area (Å²) in [7, 11) is 0. The molecule has 6 atom stereocenters. The minimum atomic E-state index is -1.27. The van der Waals surface area contributed by atoms with Crippen molar-refractivity contribution in [3.63, 3.8) is 0 Å². The Labute approximate surface area is 382 Å². The predicted octanol–water partition coefficient (Wildman–Crippen LogP) is 4.38. The van der Waals surface area contributed by atoms with E-state index in [1.807, 2.05) is 97.1 Å². The molecule has 0 aliphatic carbocycles. The maximum atomic E-state index is 14.9. The molecule has 14 nitrogen and oxygen atoms in total. The van der Waals surface area contributed by atoms with Gasteiger partial charge in [0.1, 0.15) is 42.0 Å². The number of H-pyrrole nitrogens is 1. The van der Waals surface area contributed by atoms with Crippen molar-refractivity contribution in [2.24, 2.45) is 5.92 Å². The van der Waals surface area contributed by atoms with Crippen LogP contribution >= 0.6 is 0 Å². The average Bonchev–Trinajstić information content (AvgIpc) is 3.98. The molecule has 0 saturated carbocycles. The van der Waals surface area contributed by atoms with Crippen LogP contribution in [-0.4, -0.2) is 93.2 Å². The molecular weight excluding hydrogens is 835 g/mol. The SMILES string of the molecule is CC(C)[C@@H]1NC(=O)[C@H](Cc2ccc(O)cc2)NC(=O)[C@@H](Cc2c[nH]c3ccccc23)NC(=O)[C@H](Cc2cccc3ccccc23)NC(=O)[C@@H]2CCCN2C(=O)[C@H](Cc2ccccc2)NC1=O.